The number of fused-ring (bicyclic) bond motifs is 2. The summed E-state index contributed by atoms with van der Waals surface area (Å²) in [6.45, 7) is 0. The number of methoxy groups -OCH3 is 1. The molecule has 4 rings (SSSR count). The van der Waals surface area contributed by atoms with E-state index in [1.54, 1.807) is 7.11 Å². The van der Waals surface area contributed by atoms with Gasteiger partial charge in [0.1, 0.15) is 5.75 Å². The SMILES string of the molecule is COc1ccc2ccccc2c1NC1C=Cc2ccccc21. The van der Waals surface area contributed by atoms with Crippen LogP contribution in [0.15, 0.2) is 66.7 Å². The fourth-order valence-corrected chi connectivity index (χ4v) is 3.10. The monoisotopic (exact) mass is 287 g/mol. The maximum Gasteiger partial charge on any atom is 0.142 e. The molecular formula is C20H17NO. The third-order valence-electron chi connectivity index (χ3n) is 4.21. The maximum atomic E-state index is 5.57. The molecule has 1 aliphatic rings. The van der Waals surface area contributed by atoms with Crippen LogP contribution in [0.5, 0.6) is 5.75 Å². The van der Waals surface area contributed by atoms with Gasteiger partial charge in [0.15, 0.2) is 0 Å². The zero-order valence-corrected chi connectivity index (χ0v) is 12.4. The van der Waals surface area contributed by atoms with Crippen molar-refractivity contribution in [3.05, 3.63) is 77.9 Å². The average molecular weight is 287 g/mol. The number of hydrogen-bond donors (Lipinski definition) is 1. The summed E-state index contributed by atoms with van der Waals surface area (Å²) in [7, 11) is 1.72. The van der Waals surface area contributed by atoms with Crippen LogP contribution in [0.4, 0.5) is 5.69 Å². The van der Waals surface area contributed by atoms with E-state index in [-0.39, 0.29) is 6.04 Å². The van der Waals surface area contributed by atoms with Crippen LogP contribution in [-0.2, 0) is 0 Å². The molecule has 2 heteroatoms. The summed E-state index contributed by atoms with van der Waals surface area (Å²) >= 11 is 0. The Hall–Kier alpha value is -2.74. The molecule has 0 amide bonds. The first-order valence-electron chi connectivity index (χ1n) is 7.46. The average Bonchev–Trinajstić information content (AvgIpc) is 2.98. The van der Waals surface area contributed by atoms with Crippen LogP contribution >= 0.6 is 0 Å². The second kappa shape index (κ2) is 5.23. The minimum Gasteiger partial charge on any atom is -0.495 e. The highest BCUT2D eigenvalue weighted by molar-refractivity contribution is 5.97. The van der Waals surface area contributed by atoms with Crippen LogP contribution in [0.3, 0.4) is 0 Å². The van der Waals surface area contributed by atoms with Crippen molar-refractivity contribution in [3.8, 4) is 5.75 Å². The molecule has 0 aliphatic heterocycles. The van der Waals surface area contributed by atoms with Gasteiger partial charge in [0, 0.05) is 5.39 Å². The lowest BCUT2D eigenvalue weighted by Gasteiger charge is -2.19. The molecule has 22 heavy (non-hydrogen) atoms. The Morgan fingerprint density at radius 1 is 0.909 bits per heavy atom. The fraction of sp³-hybridized carbons (Fsp3) is 0.100. The molecule has 0 saturated heterocycles. The summed E-state index contributed by atoms with van der Waals surface area (Å²) < 4.78 is 5.57. The topological polar surface area (TPSA) is 21.3 Å². The van der Waals surface area contributed by atoms with Crippen molar-refractivity contribution in [2.75, 3.05) is 12.4 Å². The van der Waals surface area contributed by atoms with Gasteiger partial charge in [-0.1, -0.05) is 66.7 Å². The zero-order chi connectivity index (χ0) is 14.9. The first-order chi connectivity index (χ1) is 10.9. The van der Waals surface area contributed by atoms with E-state index < -0.39 is 0 Å². The quantitative estimate of drug-likeness (QED) is 0.729. The number of nitrogens with one attached hydrogen (secondary N) is 1. The van der Waals surface area contributed by atoms with Crippen LogP contribution in [0.1, 0.15) is 17.2 Å². The Labute approximate surface area is 130 Å². The molecular weight excluding hydrogens is 270 g/mol. The van der Waals surface area contributed by atoms with E-state index in [9.17, 15) is 0 Å². The highest BCUT2D eigenvalue weighted by Gasteiger charge is 2.19. The van der Waals surface area contributed by atoms with E-state index in [1.165, 1.54) is 21.9 Å². The van der Waals surface area contributed by atoms with Gasteiger partial charge in [-0.2, -0.15) is 0 Å². The standard InChI is InChI=1S/C20H17NO/c1-22-19-13-11-15-7-3-5-9-17(15)20(19)21-18-12-10-14-6-2-4-8-16(14)18/h2-13,18,21H,1H3. The van der Waals surface area contributed by atoms with E-state index in [4.69, 9.17) is 4.74 Å². The van der Waals surface area contributed by atoms with Gasteiger partial charge in [0.25, 0.3) is 0 Å². The number of ether oxygens (including phenoxy) is 1. The molecule has 0 bridgehead atoms. The fourth-order valence-electron chi connectivity index (χ4n) is 3.10. The van der Waals surface area contributed by atoms with Crippen LogP contribution in [0.25, 0.3) is 16.8 Å². The van der Waals surface area contributed by atoms with E-state index in [2.05, 4.69) is 72.1 Å². The summed E-state index contributed by atoms with van der Waals surface area (Å²) in [5, 5.41) is 6.04. The smallest absolute Gasteiger partial charge is 0.142 e. The summed E-state index contributed by atoms with van der Waals surface area (Å²) in [6.07, 6.45) is 4.37. The Morgan fingerprint density at radius 3 is 2.64 bits per heavy atom. The van der Waals surface area contributed by atoms with Gasteiger partial charge in [-0.05, 0) is 22.6 Å². The second-order valence-corrected chi connectivity index (χ2v) is 5.47. The van der Waals surface area contributed by atoms with Crippen molar-refractivity contribution in [1.29, 1.82) is 0 Å². The van der Waals surface area contributed by atoms with Crippen LogP contribution < -0.4 is 10.1 Å². The van der Waals surface area contributed by atoms with Crippen LogP contribution in [0, 0.1) is 0 Å². The molecule has 3 aromatic carbocycles. The largest absolute Gasteiger partial charge is 0.495 e. The minimum atomic E-state index is 0.177. The third kappa shape index (κ3) is 2.04. The Morgan fingerprint density at radius 2 is 1.73 bits per heavy atom. The molecule has 1 unspecified atom stereocenters. The Balaban J connectivity index is 1.80. The molecule has 1 aliphatic carbocycles. The van der Waals surface area contributed by atoms with Crippen molar-refractivity contribution in [3.63, 3.8) is 0 Å². The first kappa shape index (κ1) is 13.0. The van der Waals surface area contributed by atoms with Gasteiger partial charge in [0.2, 0.25) is 0 Å². The van der Waals surface area contributed by atoms with Gasteiger partial charge >= 0.3 is 0 Å². The molecule has 0 fully saturated rings. The summed E-state index contributed by atoms with van der Waals surface area (Å²) in [6, 6.07) is 21.1. The number of rotatable bonds is 3. The normalized spacial score (nSPS) is 15.8. The molecule has 0 heterocycles. The van der Waals surface area contributed by atoms with E-state index in [1.807, 2.05) is 6.07 Å². The number of benzene rings is 3. The lowest BCUT2D eigenvalue weighted by molar-refractivity contribution is 0.417. The van der Waals surface area contributed by atoms with Gasteiger partial charge in [-0.25, -0.2) is 0 Å². The van der Waals surface area contributed by atoms with Crippen molar-refractivity contribution in [2.45, 2.75) is 6.04 Å². The molecule has 2 nitrogen and oxygen atoms in total. The van der Waals surface area contributed by atoms with Gasteiger partial charge in [0.05, 0.1) is 18.8 Å². The third-order valence-corrected chi connectivity index (χ3v) is 4.21. The predicted octanol–water partition coefficient (Wildman–Crippen LogP) is 5.03. The van der Waals surface area contributed by atoms with Gasteiger partial charge < -0.3 is 10.1 Å². The molecule has 3 aromatic rings. The second-order valence-electron chi connectivity index (χ2n) is 5.47. The van der Waals surface area contributed by atoms with Crippen molar-refractivity contribution >= 4 is 22.5 Å². The van der Waals surface area contributed by atoms with E-state index >= 15 is 0 Å². The lowest BCUT2D eigenvalue weighted by atomic mass is 10.0. The lowest BCUT2D eigenvalue weighted by Crippen LogP contribution is -2.08. The summed E-state index contributed by atoms with van der Waals surface area (Å²) in [4.78, 5) is 0. The van der Waals surface area contributed by atoms with Gasteiger partial charge in [-0.15, -0.1) is 0 Å². The molecule has 108 valence electrons. The molecule has 0 radical (unpaired) electrons. The Bertz CT molecular complexity index is 866. The molecule has 0 aromatic heterocycles. The molecule has 0 spiro atoms. The molecule has 1 atom stereocenters. The number of hydrogen-bond acceptors (Lipinski definition) is 2. The minimum absolute atomic E-state index is 0.177. The Kier molecular flexibility index (Phi) is 3.08. The summed E-state index contributed by atoms with van der Waals surface area (Å²) in [5.74, 6) is 0.872. The molecule has 1 N–H and O–H groups in total. The summed E-state index contributed by atoms with van der Waals surface area (Å²) in [5.41, 5.74) is 3.63. The highest BCUT2D eigenvalue weighted by Crippen LogP contribution is 2.38. The first-order valence-corrected chi connectivity index (χ1v) is 7.46. The number of anilines is 1. The van der Waals surface area contributed by atoms with Crippen molar-refractivity contribution < 1.29 is 4.74 Å². The predicted molar refractivity (Wildman–Crippen MR) is 92.3 cm³/mol. The van der Waals surface area contributed by atoms with Crippen molar-refractivity contribution in [1.82, 2.24) is 0 Å². The van der Waals surface area contributed by atoms with Crippen LogP contribution in [-0.4, -0.2) is 7.11 Å². The maximum absolute atomic E-state index is 5.57. The van der Waals surface area contributed by atoms with Crippen molar-refractivity contribution in [2.24, 2.45) is 0 Å². The van der Waals surface area contributed by atoms with E-state index in [0.717, 1.165) is 11.4 Å². The van der Waals surface area contributed by atoms with E-state index in [0.29, 0.717) is 0 Å². The highest BCUT2D eigenvalue weighted by atomic mass is 16.5. The van der Waals surface area contributed by atoms with Crippen LogP contribution in [0.2, 0.25) is 0 Å². The molecule has 0 saturated carbocycles. The van der Waals surface area contributed by atoms with Gasteiger partial charge in [-0.3, -0.25) is 0 Å². The zero-order valence-electron chi connectivity index (χ0n) is 12.4.